The molecule has 0 unspecified atom stereocenters. The fourth-order valence-electron chi connectivity index (χ4n) is 2.18. The number of alkyl halides is 4. The largest absolute Gasteiger partial charge is 0.483 e. The fraction of sp³-hybridized carbons (Fsp3) is 0.462. The third-order valence-electron chi connectivity index (χ3n) is 3.20. The Hall–Kier alpha value is -2.39. The molecule has 1 fully saturated rings. The summed E-state index contributed by atoms with van der Waals surface area (Å²) in [6.45, 7) is -1.78. The maximum Gasteiger partial charge on any atom is 0.422 e. The first-order valence-electron chi connectivity index (χ1n) is 6.57. The summed E-state index contributed by atoms with van der Waals surface area (Å²) in [7, 11) is 0. The molecule has 0 bridgehead atoms. The first-order chi connectivity index (χ1) is 10.7. The Kier molecular flexibility index (Phi) is 4.71. The summed E-state index contributed by atoms with van der Waals surface area (Å²) in [6.07, 6.45) is -5.10. The minimum absolute atomic E-state index is 0.148. The summed E-state index contributed by atoms with van der Waals surface area (Å²) in [6, 6.07) is 1.20. The van der Waals surface area contributed by atoms with Crippen LogP contribution in [0.1, 0.15) is 16.9 Å². The number of carbonyl (C=O) groups is 2. The topological polar surface area (TPSA) is 85.5 Å². The molecule has 0 aromatic carbocycles. The Morgan fingerprint density at radius 3 is 2.61 bits per heavy atom. The van der Waals surface area contributed by atoms with E-state index in [0.717, 1.165) is 23.2 Å². The van der Waals surface area contributed by atoms with Gasteiger partial charge in [-0.05, 0) is 12.1 Å². The van der Waals surface area contributed by atoms with Crippen LogP contribution < -0.4 is 10.5 Å². The van der Waals surface area contributed by atoms with Crippen LogP contribution in [0.3, 0.4) is 0 Å². The minimum atomic E-state index is -4.49. The molecule has 0 radical (unpaired) electrons. The Labute approximate surface area is 128 Å². The van der Waals surface area contributed by atoms with Crippen molar-refractivity contribution in [3.63, 3.8) is 0 Å². The molecule has 1 aromatic heterocycles. The molecule has 1 aliphatic heterocycles. The number of primary amides is 1. The molecule has 6 nitrogen and oxygen atoms in total. The summed E-state index contributed by atoms with van der Waals surface area (Å²) in [5, 5.41) is 0. The van der Waals surface area contributed by atoms with Gasteiger partial charge in [-0.15, -0.1) is 0 Å². The third kappa shape index (κ3) is 4.30. The van der Waals surface area contributed by atoms with Crippen molar-refractivity contribution in [2.24, 2.45) is 5.73 Å². The van der Waals surface area contributed by atoms with Gasteiger partial charge in [-0.3, -0.25) is 9.59 Å². The second kappa shape index (κ2) is 6.39. The zero-order chi connectivity index (χ0) is 17.2. The van der Waals surface area contributed by atoms with E-state index in [1.54, 1.807) is 0 Å². The van der Waals surface area contributed by atoms with Gasteiger partial charge in [0, 0.05) is 6.42 Å². The van der Waals surface area contributed by atoms with Gasteiger partial charge >= 0.3 is 6.18 Å². The number of halogens is 4. The number of pyridine rings is 1. The van der Waals surface area contributed by atoms with Gasteiger partial charge < -0.3 is 15.4 Å². The number of carbonyl (C=O) groups excluding carboxylic acids is 2. The lowest BCUT2D eigenvalue weighted by Gasteiger charge is -2.21. The van der Waals surface area contributed by atoms with E-state index in [4.69, 9.17) is 5.73 Å². The van der Waals surface area contributed by atoms with Gasteiger partial charge in [-0.2, -0.15) is 13.2 Å². The molecule has 2 N–H and O–H groups in total. The van der Waals surface area contributed by atoms with Crippen molar-refractivity contribution in [1.29, 1.82) is 0 Å². The van der Waals surface area contributed by atoms with Gasteiger partial charge in [0.15, 0.2) is 6.61 Å². The Morgan fingerprint density at radius 2 is 2.09 bits per heavy atom. The van der Waals surface area contributed by atoms with Crippen LogP contribution in [0.5, 0.6) is 5.75 Å². The average molecular weight is 335 g/mol. The monoisotopic (exact) mass is 335 g/mol. The van der Waals surface area contributed by atoms with Gasteiger partial charge in [0.05, 0.1) is 12.7 Å². The lowest BCUT2D eigenvalue weighted by molar-refractivity contribution is -0.153. The number of rotatable bonds is 4. The van der Waals surface area contributed by atoms with E-state index in [1.807, 2.05) is 0 Å². The van der Waals surface area contributed by atoms with Crippen molar-refractivity contribution in [1.82, 2.24) is 9.88 Å². The number of nitrogens with zero attached hydrogens (tertiary/aromatic N) is 2. The normalized spacial score (nSPS) is 21.3. The number of hydrogen-bond donors (Lipinski definition) is 1. The van der Waals surface area contributed by atoms with Crippen LogP contribution in [0.15, 0.2) is 18.3 Å². The second-order valence-electron chi connectivity index (χ2n) is 4.99. The van der Waals surface area contributed by atoms with Crippen LogP contribution in [0.25, 0.3) is 0 Å². The number of nitrogens with two attached hydrogens (primary N) is 1. The number of amides is 2. The first kappa shape index (κ1) is 17.0. The van der Waals surface area contributed by atoms with Crippen molar-refractivity contribution in [2.75, 3.05) is 13.2 Å². The average Bonchev–Trinajstić information content (AvgIpc) is 2.86. The van der Waals surface area contributed by atoms with Gasteiger partial charge in [-0.1, -0.05) is 0 Å². The summed E-state index contributed by atoms with van der Waals surface area (Å²) < 4.78 is 53.9. The van der Waals surface area contributed by atoms with Gasteiger partial charge in [-0.25, -0.2) is 9.37 Å². The molecule has 0 spiro atoms. The smallest absolute Gasteiger partial charge is 0.422 e. The molecule has 2 atom stereocenters. The highest BCUT2D eigenvalue weighted by atomic mass is 19.4. The quantitative estimate of drug-likeness (QED) is 0.834. The van der Waals surface area contributed by atoms with Crippen LogP contribution in [-0.2, 0) is 4.79 Å². The molecule has 2 amide bonds. The summed E-state index contributed by atoms with van der Waals surface area (Å²) in [4.78, 5) is 28.1. The standard InChI is InChI=1S/C13H13F4N3O3/c14-7-3-10(11(18)21)20(5-7)12(22)9-2-1-8(4-19-9)23-6-13(15,16)17/h1-2,4,7,10H,3,5-6H2,(H2,18,21)/t7-,10+/m1/s1. The van der Waals surface area contributed by atoms with E-state index in [1.165, 1.54) is 0 Å². The first-order valence-corrected chi connectivity index (χ1v) is 6.57. The third-order valence-corrected chi connectivity index (χ3v) is 3.20. The molecule has 23 heavy (non-hydrogen) atoms. The van der Waals surface area contributed by atoms with Gasteiger partial charge in [0.1, 0.15) is 23.7 Å². The summed E-state index contributed by atoms with van der Waals surface area (Å²) >= 11 is 0. The van der Waals surface area contributed by atoms with Crippen LogP contribution >= 0.6 is 0 Å². The Bertz CT molecular complexity index is 591. The molecule has 0 saturated carbocycles. The van der Waals surface area contributed by atoms with E-state index in [9.17, 15) is 27.2 Å². The van der Waals surface area contributed by atoms with Crippen molar-refractivity contribution in [3.8, 4) is 5.75 Å². The molecule has 2 rings (SSSR count). The molecule has 1 aliphatic rings. The number of hydrogen-bond acceptors (Lipinski definition) is 4. The minimum Gasteiger partial charge on any atom is -0.483 e. The fourth-order valence-corrected chi connectivity index (χ4v) is 2.18. The van der Waals surface area contributed by atoms with Gasteiger partial charge in [0.2, 0.25) is 5.91 Å². The summed E-state index contributed by atoms with van der Waals surface area (Å²) in [5.74, 6) is -1.73. The van der Waals surface area contributed by atoms with Crippen LogP contribution in [0, 0.1) is 0 Å². The Morgan fingerprint density at radius 1 is 1.39 bits per heavy atom. The lowest BCUT2D eigenvalue weighted by Crippen LogP contribution is -2.44. The van der Waals surface area contributed by atoms with Crippen LogP contribution in [0.2, 0.25) is 0 Å². The maximum absolute atomic E-state index is 13.4. The van der Waals surface area contributed by atoms with E-state index >= 15 is 0 Å². The van der Waals surface area contributed by atoms with Crippen molar-refractivity contribution < 1.29 is 31.9 Å². The number of aromatic nitrogens is 1. The van der Waals surface area contributed by atoms with E-state index in [0.29, 0.717) is 0 Å². The van der Waals surface area contributed by atoms with E-state index in [-0.39, 0.29) is 24.4 Å². The number of likely N-dealkylation sites (tertiary alicyclic amines) is 1. The highest BCUT2D eigenvalue weighted by Crippen LogP contribution is 2.23. The predicted octanol–water partition coefficient (Wildman–Crippen LogP) is 1.06. The van der Waals surface area contributed by atoms with Gasteiger partial charge in [0.25, 0.3) is 5.91 Å². The SMILES string of the molecule is NC(=O)[C@@H]1C[C@@H](F)CN1C(=O)c1ccc(OCC(F)(F)F)cn1. The zero-order valence-corrected chi connectivity index (χ0v) is 11.7. The van der Waals surface area contributed by atoms with E-state index in [2.05, 4.69) is 9.72 Å². The van der Waals surface area contributed by atoms with E-state index < -0.39 is 36.8 Å². The van der Waals surface area contributed by atoms with Crippen molar-refractivity contribution in [2.45, 2.75) is 24.8 Å². The van der Waals surface area contributed by atoms with Crippen molar-refractivity contribution >= 4 is 11.8 Å². The zero-order valence-electron chi connectivity index (χ0n) is 11.7. The maximum atomic E-state index is 13.4. The highest BCUT2D eigenvalue weighted by molar-refractivity contribution is 5.96. The predicted molar refractivity (Wildman–Crippen MR) is 69.3 cm³/mol. The van der Waals surface area contributed by atoms with Crippen LogP contribution in [-0.4, -0.2) is 53.2 Å². The molecular weight excluding hydrogens is 322 g/mol. The number of ether oxygens (including phenoxy) is 1. The molecule has 1 aromatic rings. The molecule has 126 valence electrons. The molecule has 10 heteroatoms. The molecular formula is C13H13F4N3O3. The molecule has 2 heterocycles. The van der Waals surface area contributed by atoms with Crippen LogP contribution in [0.4, 0.5) is 17.6 Å². The summed E-state index contributed by atoms with van der Waals surface area (Å²) in [5.41, 5.74) is 4.98. The highest BCUT2D eigenvalue weighted by Gasteiger charge is 2.39. The Balaban J connectivity index is 2.06. The molecule has 0 aliphatic carbocycles. The lowest BCUT2D eigenvalue weighted by atomic mass is 10.2. The van der Waals surface area contributed by atoms with Crippen molar-refractivity contribution in [3.05, 3.63) is 24.0 Å². The second-order valence-corrected chi connectivity index (χ2v) is 4.99. The molecule has 1 saturated heterocycles.